The molecule has 25 heavy (non-hydrogen) atoms. The summed E-state index contributed by atoms with van der Waals surface area (Å²) in [6, 6.07) is 6.92. The van der Waals surface area contributed by atoms with Crippen LogP contribution in [0, 0.1) is 0 Å². The Morgan fingerprint density at radius 1 is 1.08 bits per heavy atom. The number of para-hydroxylation sites is 1. The third-order valence-electron chi connectivity index (χ3n) is 4.09. The van der Waals surface area contributed by atoms with Crippen LogP contribution in [0.2, 0.25) is 0 Å². The van der Waals surface area contributed by atoms with E-state index in [1.165, 1.54) is 11.0 Å². The summed E-state index contributed by atoms with van der Waals surface area (Å²) in [6.07, 6.45) is 5.30. The maximum Gasteiger partial charge on any atom is 1.00 e. The third kappa shape index (κ3) is 5.40. The number of benzene rings is 1. The van der Waals surface area contributed by atoms with Crippen LogP contribution >= 0.6 is 0 Å². The molecule has 0 saturated heterocycles. The number of unbranched alkanes of at least 4 members (excludes halogenated alkanes) is 4. The molecule has 0 fully saturated rings. The molecule has 1 heterocycles. The van der Waals surface area contributed by atoms with Gasteiger partial charge in [0.15, 0.2) is 5.56 Å². The van der Waals surface area contributed by atoms with Crippen LogP contribution in [0.3, 0.4) is 0 Å². The number of hydrogen-bond donors (Lipinski definition) is 0. The second-order valence-electron chi connectivity index (χ2n) is 5.81. The zero-order chi connectivity index (χ0) is 17.5. The number of aromatic nitrogens is 1. The molecule has 1 aromatic carbocycles. The van der Waals surface area contributed by atoms with Gasteiger partial charge in [-0.15, -0.1) is 11.5 Å². The summed E-state index contributed by atoms with van der Waals surface area (Å²) >= 11 is 0. The van der Waals surface area contributed by atoms with Gasteiger partial charge in [-0.2, -0.15) is 0 Å². The summed E-state index contributed by atoms with van der Waals surface area (Å²) in [5, 5.41) is 0.383. The number of fused-ring (bicyclic) bond motifs is 1. The SMILES string of the molecule is CCCCCCCn1c(=O)[c-](C(=O)OCC)c(=O)c2ccccc21.[K+]. The van der Waals surface area contributed by atoms with E-state index in [-0.39, 0.29) is 63.6 Å². The van der Waals surface area contributed by atoms with E-state index in [4.69, 9.17) is 4.74 Å². The van der Waals surface area contributed by atoms with Gasteiger partial charge < -0.3 is 14.1 Å². The van der Waals surface area contributed by atoms with Gasteiger partial charge >= 0.3 is 51.4 Å². The van der Waals surface area contributed by atoms with Gasteiger partial charge in [0.2, 0.25) is 0 Å². The van der Waals surface area contributed by atoms with Gasteiger partial charge in [-0.25, -0.2) is 0 Å². The van der Waals surface area contributed by atoms with Crippen molar-refractivity contribution in [3.8, 4) is 0 Å². The Kier molecular flexibility index (Phi) is 9.97. The topological polar surface area (TPSA) is 65.4 Å². The van der Waals surface area contributed by atoms with E-state index in [0.717, 1.165) is 25.7 Å². The van der Waals surface area contributed by atoms with Crippen molar-refractivity contribution in [3.05, 3.63) is 50.4 Å². The fraction of sp³-hybridized carbons (Fsp3) is 0.474. The number of esters is 1. The second kappa shape index (κ2) is 11.1. The summed E-state index contributed by atoms with van der Waals surface area (Å²) < 4.78 is 6.44. The minimum atomic E-state index is -0.835. The number of carbonyl (C=O) groups is 1. The van der Waals surface area contributed by atoms with Crippen LogP contribution in [0.15, 0.2) is 33.9 Å². The average molecular weight is 370 g/mol. The molecule has 0 radical (unpaired) electrons. The van der Waals surface area contributed by atoms with Crippen molar-refractivity contribution < 1.29 is 60.9 Å². The Labute approximate surface area is 190 Å². The van der Waals surface area contributed by atoms with Gasteiger partial charge in [-0.3, -0.25) is 9.59 Å². The van der Waals surface area contributed by atoms with Crippen molar-refractivity contribution in [2.24, 2.45) is 0 Å². The van der Waals surface area contributed by atoms with Crippen molar-refractivity contribution in [2.75, 3.05) is 6.61 Å². The molecular weight excluding hydrogens is 345 g/mol. The van der Waals surface area contributed by atoms with Crippen LogP contribution in [0.4, 0.5) is 0 Å². The number of nitrogens with zero attached hydrogens (tertiary/aromatic N) is 1. The second-order valence-corrected chi connectivity index (χ2v) is 5.81. The number of carbonyl (C=O) groups excluding carboxylic acids is 1. The molecule has 0 amide bonds. The Hall–Kier alpha value is -0.664. The van der Waals surface area contributed by atoms with Gasteiger partial charge in [-0.05, 0) is 18.9 Å². The number of hydrogen-bond acceptors (Lipinski definition) is 4. The summed E-state index contributed by atoms with van der Waals surface area (Å²) in [7, 11) is 0. The molecule has 5 nitrogen and oxygen atoms in total. The summed E-state index contributed by atoms with van der Waals surface area (Å²) in [5.74, 6) is -0.835. The molecule has 0 spiro atoms. The molecule has 1 aromatic heterocycles. The van der Waals surface area contributed by atoms with Crippen molar-refractivity contribution in [1.82, 2.24) is 4.57 Å². The zero-order valence-corrected chi connectivity index (χ0v) is 18.5. The largest absolute Gasteiger partial charge is 1.00 e. The average Bonchev–Trinajstić information content (AvgIpc) is 2.57. The first-order valence-electron chi connectivity index (χ1n) is 8.61. The monoisotopic (exact) mass is 369 g/mol. The smallest absolute Gasteiger partial charge is 0.476 e. The minimum absolute atomic E-state index is 0. The van der Waals surface area contributed by atoms with Gasteiger partial charge in [0, 0.05) is 17.5 Å². The molecule has 0 saturated carbocycles. The van der Waals surface area contributed by atoms with E-state index in [1.807, 2.05) is 0 Å². The van der Waals surface area contributed by atoms with Crippen LogP contribution in [-0.2, 0) is 11.3 Å². The standard InChI is InChI=1S/C19H24NO4.K/c1-3-5-6-7-10-13-20-15-12-9-8-11-14(15)17(21)16(18(20)22)19(23)24-4-2;/h8-9,11-12H,3-7,10,13H2,1-2H3;/q-1;+1. The van der Waals surface area contributed by atoms with E-state index < -0.39 is 17.0 Å². The summed E-state index contributed by atoms with van der Waals surface area (Å²) in [4.78, 5) is 37.3. The Bertz CT molecular complexity index is 822. The van der Waals surface area contributed by atoms with Crippen LogP contribution in [-0.4, -0.2) is 17.1 Å². The van der Waals surface area contributed by atoms with Crippen molar-refractivity contribution in [1.29, 1.82) is 0 Å². The van der Waals surface area contributed by atoms with E-state index in [2.05, 4.69) is 6.92 Å². The van der Waals surface area contributed by atoms with Crippen LogP contribution < -0.4 is 62.4 Å². The van der Waals surface area contributed by atoms with Gasteiger partial charge in [-0.1, -0.05) is 50.8 Å². The van der Waals surface area contributed by atoms with E-state index in [9.17, 15) is 14.4 Å². The molecule has 0 aliphatic heterocycles. The Morgan fingerprint density at radius 2 is 1.76 bits per heavy atom. The first kappa shape index (κ1) is 22.4. The number of pyridine rings is 1. The summed E-state index contributed by atoms with van der Waals surface area (Å²) in [6.45, 7) is 4.42. The van der Waals surface area contributed by atoms with Crippen molar-refractivity contribution in [2.45, 2.75) is 52.5 Å². The first-order chi connectivity index (χ1) is 11.6. The zero-order valence-electron chi connectivity index (χ0n) is 15.3. The molecule has 130 valence electrons. The Morgan fingerprint density at radius 3 is 2.44 bits per heavy atom. The van der Waals surface area contributed by atoms with E-state index >= 15 is 0 Å². The molecule has 0 atom stereocenters. The fourth-order valence-electron chi connectivity index (χ4n) is 2.86. The van der Waals surface area contributed by atoms with Crippen LogP contribution in [0.25, 0.3) is 10.9 Å². The predicted octanol–water partition coefficient (Wildman–Crippen LogP) is 0.232. The maximum atomic E-state index is 12.7. The molecule has 2 aromatic rings. The quantitative estimate of drug-likeness (QED) is 0.289. The molecule has 0 bridgehead atoms. The third-order valence-corrected chi connectivity index (χ3v) is 4.09. The van der Waals surface area contributed by atoms with Crippen molar-refractivity contribution in [3.63, 3.8) is 0 Å². The van der Waals surface area contributed by atoms with Crippen LogP contribution in [0.5, 0.6) is 0 Å². The summed E-state index contributed by atoms with van der Waals surface area (Å²) in [5.41, 5.74) is -0.899. The van der Waals surface area contributed by atoms with Gasteiger partial charge in [0.05, 0.1) is 6.61 Å². The molecular formula is C19H24KNO4. The molecule has 2 rings (SSSR count). The molecule has 0 aliphatic rings. The van der Waals surface area contributed by atoms with Crippen molar-refractivity contribution >= 4 is 16.9 Å². The van der Waals surface area contributed by atoms with E-state index in [1.54, 1.807) is 31.2 Å². The minimum Gasteiger partial charge on any atom is -0.476 e. The molecule has 0 unspecified atom stereocenters. The predicted molar refractivity (Wildman–Crippen MR) is 94.8 cm³/mol. The maximum absolute atomic E-state index is 12.7. The normalized spacial score (nSPS) is 10.5. The number of ether oxygens (including phenoxy) is 1. The van der Waals surface area contributed by atoms with E-state index in [0.29, 0.717) is 17.4 Å². The number of rotatable bonds is 8. The molecule has 0 aliphatic carbocycles. The molecule has 6 heteroatoms. The van der Waals surface area contributed by atoms with Gasteiger partial charge in [0.1, 0.15) is 0 Å². The molecule has 0 N–H and O–H groups in total. The van der Waals surface area contributed by atoms with Gasteiger partial charge in [0.25, 0.3) is 5.97 Å². The van der Waals surface area contributed by atoms with Crippen LogP contribution in [0.1, 0.15) is 56.3 Å². The Balaban J connectivity index is 0.00000312. The first-order valence-corrected chi connectivity index (χ1v) is 8.61. The number of aryl methyl sites for hydroxylation is 1. The fourth-order valence-corrected chi connectivity index (χ4v) is 2.86.